The number of carbonyl (C=O) groups excluding carboxylic acids is 2. The third-order valence-electron chi connectivity index (χ3n) is 8.00. The third kappa shape index (κ3) is 6.68. The number of hydrogen-bond acceptors (Lipinski definition) is 6. The van der Waals surface area contributed by atoms with E-state index in [4.69, 9.17) is 26.8 Å². The highest BCUT2D eigenvalue weighted by atomic mass is 35.5. The number of methoxy groups -OCH3 is 2. The van der Waals surface area contributed by atoms with Crippen LogP contribution in [0.5, 0.6) is 5.75 Å². The Labute approximate surface area is 256 Å². The SMILES string of the molecule is COCCC(C(=O)NC1(C)CC(F)=C(C(N)=O)CC1C)n1cc(OC)c(-c2cc(Cl)ccc2-n2cnc(C(F)F)c2)cc1=O. The molecule has 3 aromatic rings. The number of rotatable bonds is 11. The molecule has 2 heterocycles. The molecule has 1 aliphatic carbocycles. The summed E-state index contributed by atoms with van der Waals surface area (Å²) in [6.07, 6.45) is 0.883. The summed E-state index contributed by atoms with van der Waals surface area (Å²) in [7, 11) is 2.83. The molecule has 0 aliphatic heterocycles. The summed E-state index contributed by atoms with van der Waals surface area (Å²) in [5.74, 6) is -2.25. The normalized spacial score (nSPS) is 19.2. The van der Waals surface area contributed by atoms with Crippen LogP contribution in [0.2, 0.25) is 5.02 Å². The fraction of sp³-hybridized carbons (Fsp3) is 0.400. The number of ether oxygens (including phenoxy) is 2. The van der Waals surface area contributed by atoms with E-state index >= 15 is 0 Å². The minimum Gasteiger partial charge on any atom is -0.495 e. The lowest BCUT2D eigenvalue weighted by atomic mass is 9.74. The molecule has 236 valence electrons. The molecule has 1 aliphatic rings. The van der Waals surface area contributed by atoms with E-state index < -0.39 is 46.9 Å². The number of alkyl halides is 2. The van der Waals surface area contributed by atoms with E-state index in [1.807, 2.05) is 0 Å². The van der Waals surface area contributed by atoms with Gasteiger partial charge < -0.3 is 25.1 Å². The Morgan fingerprint density at radius 3 is 2.57 bits per heavy atom. The van der Waals surface area contributed by atoms with Crippen molar-refractivity contribution in [3.05, 3.63) is 75.5 Å². The smallest absolute Gasteiger partial charge is 0.281 e. The van der Waals surface area contributed by atoms with Crippen LogP contribution < -0.4 is 21.3 Å². The highest BCUT2D eigenvalue weighted by Gasteiger charge is 2.41. The fourth-order valence-corrected chi connectivity index (χ4v) is 5.49. The van der Waals surface area contributed by atoms with Crippen LogP contribution in [0.15, 0.2) is 59.2 Å². The molecule has 44 heavy (non-hydrogen) atoms. The molecule has 0 radical (unpaired) electrons. The summed E-state index contributed by atoms with van der Waals surface area (Å²) < 4.78 is 54.7. The number of primary amides is 1. The summed E-state index contributed by atoms with van der Waals surface area (Å²) in [6, 6.07) is 4.90. The Morgan fingerprint density at radius 1 is 1.23 bits per heavy atom. The number of nitrogens with zero attached hydrogens (tertiary/aromatic N) is 3. The van der Waals surface area contributed by atoms with Crippen molar-refractivity contribution in [2.24, 2.45) is 11.7 Å². The van der Waals surface area contributed by atoms with Gasteiger partial charge in [-0.2, -0.15) is 0 Å². The molecule has 1 aromatic carbocycles. The molecule has 10 nitrogen and oxygen atoms in total. The number of pyridine rings is 1. The lowest BCUT2D eigenvalue weighted by molar-refractivity contribution is -0.127. The highest BCUT2D eigenvalue weighted by molar-refractivity contribution is 6.31. The van der Waals surface area contributed by atoms with Gasteiger partial charge >= 0.3 is 0 Å². The number of nitrogens with two attached hydrogens (primary N) is 1. The predicted molar refractivity (Wildman–Crippen MR) is 158 cm³/mol. The van der Waals surface area contributed by atoms with Crippen LogP contribution in [-0.4, -0.2) is 52.3 Å². The maximum Gasteiger partial charge on any atom is 0.281 e. The van der Waals surface area contributed by atoms with Crippen LogP contribution >= 0.6 is 11.6 Å². The van der Waals surface area contributed by atoms with E-state index in [1.165, 1.54) is 48.1 Å². The summed E-state index contributed by atoms with van der Waals surface area (Å²) in [4.78, 5) is 42.8. The van der Waals surface area contributed by atoms with Crippen molar-refractivity contribution in [3.63, 3.8) is 0 Å². The average molecular weight is 636 g/mol. The van der Waals surface area contributed by atoms with Crippen LogP contribution in [0.25, 0.3) is 16.8 Å². The van der Waals surface area contributed by atoms with Gasteiger partial charge in [0.1, 0.15) is 23.3 Å². The van der Waals surface area contributed by atoms with Gasteiger partial charge in [-0.1, -0.05) is 18.5 Å². The van der Waals surface area contributed by atoms with Crippen LogP contribution in [0.1, 0.15) is 51.3 Å². The Bertz CT molecular complexity index is 1660. The van der Waals surface area contributed by atoms with Crippen LogP contribution in [-0.2, 0) is 14.3 Å². The summed E-state index contributed by atoms with van der Waals surface area (Å²) in [6.45, 7) is 3.56. The molecule has 3 N–H and O–H groups in total. The molecule has 4 rings (SSSR count). The minimum absolute atomic E-state index is 0.0425. The van der Waals surface area contributed by atoms with Gasteiger partial charge in [0.2, 0.25) is 11.8 Å². The van der Waals surface area contributed by atoms with Crippen LogP contribution in [0, 0.1) is 5.92 Å². The van der Waals surface area contributed by atoms with Crippen molar-refractivity contribution in [1.82, 2.24) is 19.4 Å². The Hall–Kier alpha value is -4.10. The number of aromatic nitrogens is 3. The van der Waals surface area contributed by atoms with E-state index in [2.05, 4.69) is 10.3 Å². The number of imidazole rings is 1. The fourth-order valence-electron chi connectivity index (χ4n) is 5.31. The summed E-state index contributed by atoms with van der Waals surface area (Å²) >= 11 is 6.29. The van der Waals surface area contributed by atoms with Gasteiger partial charge in [0, 0.05) is 66.1 Å². The highest BCUT2D eigenvalue weighted by Crippen LogP contribution is 2.39. The molecule has 0 bridgehead atoms. The maximum atomic E-state index is 14.8. The zero-order valence-corrected chi connectivity index (χ0v) is 25.3. The quantitative estimate of drug-likeness (QED) is 0.309. The van der Waals surface area contributed by atoms with E-state index in [9.17, 15) is 27.6 Å². The van der Waals surface area contributed by atoms with Gasteiger partial charge in [-0.15, -0.1) is 0 Å². The minimum atomic E-state index is -2.78. The van der Waals surface area contributed by atoms with Gasteiger partial charge in [0.25, 0.3) is 12.0 Å². The van der Waals surface area contributed by atoms with E-state index in [0.29, 0.717) is 21.8 Å². The number of carbonyl (C=O) groups is 2. The Balaban J connectivity index is 1.76. The number of halogens is 4. The molecular formula is C30H33ClF3N5O5. The van der Waals surface area contributed by atoms with Crippen molar-refractivity contribution in [3.8, 4) is 22.6 Å². The molecule has 0 spiro atoms. The van der Waals surface area contributed by atoms with Gasteiger partial charge in [-0.05, 0) is 37.5 Å². The molecule has 3 unspecified atom stereocenters. The van der Waals surface area contributed by atoms with Crippen molar-refractivity contribution in [2.75, 3.05) is 20.8 Å². The first-order chi connectivity index (χ1) is 20.8. The number of nitrogens with one attached hydrogen (secondary N) is 1. The van der Waals surface area contributed by atoms with Gasteiger partial charge in [0.15, 0.2) is 0 Å². The van der Waals surface area contributed by atoms with Crippen molar-refractivity contribution in [1.29, 1.82) is 0 Å². The van der Waals surface area contributed by atoms with Crippen molar-refractivity contribution in [2.45, 2.75) is 51.1 Å². The standard InChI is InChI=1S/C30H33ClF3N5O5/c1-16-9-20(28(35)41)21(32)12-30(16,2)37-29(42)24(7-8-43-3)39-14-25(44-4)19(11-26(39)40)18-10-17(31)5-6-23(18)38-13-22(27(33)34)36-15-38/h5-6,10-11,13-16,24,27H,7-9,12H2,1-4H3,(H2,35,41)(H,37,42). The maximum absolute atomic E-state index is 14.8. The lowest BCUT2D eigenvalue weighted by Crippen LogP contribution is -2.55. The summed E-state index contributed by atoms with van der Waals surface area (Å²) in [5, 5.41) is 3.21. The molecule has 14 heteroatoms. The molecule has 0 fully saturated rings. The van der Waals surface area contributed by atoms with E-state index in [-0.39, 0.29) is 43.1 Å². The largest absolute Gasteiger partial charge is 0.495 e. The Morgan fingerprint density at radius 2 is 1.95 bits per heavy atom. The molecule has 2 amide bonds. The Kier molecular flexibility index (Phi) is 9.89. The second kappa shape index (κ2) is 13.3. The van der Waals surface area contributed by atoms with Gasteiger partial charge in [0.05, 0.1) is 25.3 Å². The number of hydrogen-bond donors (Lipinski definition) is 2. The van der Waals surface area contributed by atoms with Crippen LogP contribution in [0.4, 0.5) is 13.2 Å². The van der Waals surface area contributed by atoms with Crippen molar-refractivity contribution >= 4 is 23.4 Å². The number of amides is 2. The first kappa shape index (κ1) is 32.8. The number of benzene rings is 1. The second-order valence-electron chi connectivity index (χ2n) is 10.9. The first-order valence-corrected chi connectivity index (χ1v) is 14.1. The molecule has 2 aromatic heterocycles. The molecule has 0 saturated carbocycles. The molecule has 3 atom stereocenters. The van der Waals surface area contributed by atoms with Crippen LogP contribution in [0.3, 0.4) is 0 Å². The first-order valence-electron chi connectivity index (χ1n) is 13.7. The zero-order chi connectivity index (χ0) is 32.3. The average Bonchev–Trinajstić information content (AvgIpc) is 3.46. The predicted octanol–water partition coefficient (Wildman–Crippen LogP) is 4.89. The van der Waals surface area contributed by atoms with Gasteiger partial charge in [-0.3, -0.25) is 19.0 Å². The lowest BCUT2D eigenvalue weighted by Gasteiger charge is -2.41. The topological polar surface area (TPSA) is 130 Å². The third-order valence-corrected chi connectivity index (χ3v) is 8.24. The second-order valence-corrected chi connectivity index (χ2v) is 11.3. The summed E-state index contributed by atoms with van der Waals surface area (Å²) in [5.41, 5.74) is 4.24. The van der Waals surface area contributed by atoms with E-state index in [1.54, 1.807) is 32.0 Å². The monoisotopic (exact) mass is 635 g/mol. The molecule has 0 saturated heterocycles. The van der Waals surface area contributed by atoms with Crippen molar-refractivity contribution < 1.29 is 32.2 Å². The molecular weight excluding hydrogens is 603 g/mol. The van der Waals surface area contributed by atoms with Gasteiger partial charge in [-0.25, -0.2) is 18.2 Å². The van der Waals surface area contributed by atoms with E-state index in [0.717, 1.165) is 0 Å². The zero-order valence-electron chi connectivity index (χ0n) is 24.6.